The first-order chi connectivity index (χ1) is 17.4. The number of hydrogen-bond donors (Lipinski definition) is 1. The zero-order valence-electron chi connectivity index (χ0n) is 19.9. The lowest BCUT2D eigenvalue weighted by Crippen LogP contribution is -2.44. The van der Waals surface area contributed by atoms with Crippen LogP contribution in [-0.4, -0.2) is 74.2 Å². The van der Waals surface area contributed by atoms with Crippen molar-refractivity contribution in [2.24, 2.45) is 0 Å². The predicted molar refractivity (Wildman–Crippen MR) is 125 cm³/mol. The molecule has 5 rings (SSSR count). The Morgan fingerprint density at radius 1 is 1.14 bits per heavy atom. The van der Waals surface area contributed by atoms with Crippen LogP contribution in [0.1, 0.15) is 25.0 Å². The molecule has 2 aliphatic heterocycles. The van der Waals surface area contributed by atoms with Crippen molar-refractivity contribution in [2.75, 3.05) is 26.3 Å². The molecule has 1 fully saturated rings. The van der Waals surface area contributed by atoms with E-state index in [2.05, 4.69) is 20.8 Å². The average Bonchev–Trinajstić information content (AvgIpc) is 3.51. The zero-order valence-corrected chi connectivity index (χ0v) is 19.9. The fraction of sp³-hybridized carbons (Fsp3) is 0.333. The Morgan fingerprint density at radius 2 is 1.94 bits per heavy atom. The number of amides is 4. The zero-order chi connectivity index (χ0) is 25.3. The molecule has 3 aromatic rings. The second kappa shape index (κ2) is 9.29. The number of nitrogens with zero attached hydrogens (tertiary/aromatic N) is 6. The second-order valence-corrected chi connectivity index (χ2v) is 8.64. The summed E-state index contributed by atoms with van der Waals surface area (Å²) in [5, 5.41) is 13.8. The summed E-state index contributed by atoms with van der Waals surface area (Å²) in [6.45, 7) is 4.77. The summed E-state index contributed by atoms with van der Waals surface area (Å²) in [6, 6.07) is 11.9. The summed E-state index contributed by atoms with van der Waals surface area (Å²) in [7, 11) is 0. The number of tetrazole rings is 1. The number of nitrogens with one attached hydrogen (secondary N) is 1. The van der Waals surface area contributed by atoms with Gasteiger partial charge in [-0.15, -0.1) is 5.10 Å². The molecule has 0 spiro atoms. The van der Waals surface area contributed by atoms with E-state index >= 15 is 0 Å². The number of carbonyl (C=O) groups is 3. The third-order valence-corrected chi connectivity index (χ3v) is 6.32. The smallest absolute Gasteiger partial charge is 0.325 e. The van der Waals surface area contributed by atoms with Crippen LogP contribution in [0, 0.1) is 0 Å². The van der Waals surface area contributed by atoms with Crippen LogP contribution < -0.4 is 14.8 Å². The van der Waals surface area contributed by atoms with Crippen molar-refractivity contribution < 1.29 is 23.9 Å². The van der Waals surface area contributed by atoms with Crippen molar-refractivity contribution in [1.82, 2.24) is 35.3 Å². The van der Waals surface area contributed by atoms with E-state index in [0.717, 1.165) is 10.5 Å². The quantitative estimate of drug-likeness (QED) is 0.489. The van der Waals surface area contributed by atoms with Crippen LogP contribution in [0.4, 0.5) is 4.79 Å². The summed E-state index contributed by atoms with van der Waals surface area (Å²) >= 11 is 0. The van der Waals surface area contributed by atoms with E-state index in [4.69, 9.17) is 9.47 Å². The fourth-order valence-corrected chi connectivity index (χ4v) is 4.29. The van der Waals surface area contributed by atoms with Gasteiger partial charge in [-0.1, -0.05) is 18.2 Å². The Bertz CT molecular complexity index is 1310. The molecule has 3 heterocycles. The first-order valence-electron chi connectivity index (χ1n) is 11.5. The molecular weight excluding hydrogens is 466 g/mol. The van der Waals surface area contributed by atoms with Crippen molar-refractivity contribution in [3.8, 4) is 17.2 Å². The molecule has 2 aliphatic rings. The van der Waals surface area contributed by atoms with Crippen molar-refractivity contribution >= 4 is 17.8 Å². The van der Waals surface area contributed by atoms with Crippen LogP contribution >= 0.6 is 0 Å². The van der Waals surface area contributed by atoms with E-state index in [-0.39, 0.29) is 12.5 Å². The van der Waals surface area contributed by atoms with Crippen molar-refractivity contribution in [3.63, 3.8) is 0 Å². The molecule has 36 heavy (non-hydrogen) atoms. The molecule has 4 amide bonds. The number of benzene rings is 2. The fourth-order valence-electron chi connectivity index (χ4n) is 4.29. The number of ether oxygens (including phenoxy) is 2. The lowest BCUT2D eigenvalue weighted by atomic mass is 9.91. The van der Waals surface area contributed by atoms with Gasteiger partial charge >= 0.3 is 6.03 Å². The highest BCUT2D eigenvalue weighted by molar-refractivity contribution is 6.09. The highest BCUT2D eigenvalue weighted by atomic mass is 16.6. The number of aromatic nitrogens is 4. The molecule has 0 unspecified atom stereocenters. The SMILES string of the molecule is CCN(Cc1ccc2c(c1)OCCO2)C(=O)CN1C(=O)N[C@](C)(c2cccc(-n3cnnn3)c2)C1=O. The van der Waals surface area contributed by atoms with Gasteiger partial charge in [-0.2, -0.15) is 0 Å². The molecule has 186 valence electrons. The molecule has 1 saturated heterocycles. The number of carbonyl (C=O) groups excluding carboxylic acids is 3. The molecule has 0 aliphatic carbocycles. The highest BCUT2D eigenvalue weighted by Crippen LogP contribution is 2.32. The lowest BCUT2D eigenvalue weighted by molar-refractivity contribution is -0.139. The van der Waals surface area contributed by atoms with E-state index < -0.39 is 17.5 Å². The number of likely N-dealkylation sites (N-methyl/N-ethyl adjacent to an activating group) is 1. The molecule has 0 bridgehead atoms. The highest BCUT2D eigenvalue weighted by Gasteiger charge is 2.49. The summed E-state index contributed by atoms with van der Waals surface area (Å²) in [6.07, 6.45) is 1.43. The first-order valence-corrected chi connectivity index (χ1v) is 11.5. The average molecular weight is 492 g/mol. The number of urea groups is 1. The molecular formula is C24H25N7O5. The minimum atomic E-state index is -1.34. The Morgan fingerprint density at radius 3 is 2.69 bits per heavy atom. The molecule has 1 atom stereocenters. The van der Waals surface area contributed by atoms with E-state index in [9.17, 15) is 14.4 Å². The second-order valence-electron chi connectivity index (χ2n) is 8.64. The maximum Gasteiger partial charge on any atom is 0.325 e. The number of imide groups is 1. The monoisotopic (exact) mass is 491 g/mol. The minimum absolute atomic E-state index is 0.306. The van der Waals surface area contributed by atoms with Gasteiger partial charge in [0.25, 0.3) is 5.91 Å². The Balaban J connectivity index is 1.31. The van der Waals surface area contributed by atoms with Crippen LogP contribution in [0.2, 0.25) is 0 Å². The first kappa shape index (κ1) is 23.3. The molecule has 1 N–H and O–H groups in total. The Kier molecular flexibility index (Phi) is 6.00. The van der Waals surface area contributed by atoms with Gasteiger partial charge in [0.15, 0.2) is 11.5 Å². The van der Waals surface area contributed by atoms with Crippen molar-refractivity contribution in [2.45, 2.75) is 25.9 Å². The molecule has 0 saturated carbocycles. The summed E-state index contributed by atoms with van der Waals surface area (Å²) < 4.78 is 12.6. The number of fused-ring (bicyclic) bond motifs is 1. The lowest BCUT2D eigenvalue weighted by Gasteiger charge is -2.25. The van der Waals surface area contributed by atoms with Gasteiger partial charge in [0.05, 0.1) is 5.69 Å². The van der Waals surface area contributed by atoms with E-state index in [0.29, 0.717) is 49.1 Å². The van der Waals surface area contributed by atoms with E-state index in [1.165, 1.54) is 11.0 Å². The third-order valence-electron chi connectivity index (χ3n) is 6.32. The van der Waals surface area contributed by atoms with Crippen LogP contribution in [0.15, 0.2) is 48.8 Å². The number of rotatable bonds is 7. The number of hydrogen-bond acceptors (Lipinski definition) is 8. The van der Waals surface area contributed by atoms with E-state index in [1.54, 1.807) is 36.1 Å². The van der Waals surface area contributed by atoms with E-state index in [1.807, 2.05) is 25.1 Å². The largest absolute Gasteiger partial charge is 0.486 e. The molecule has 12 heteroatoms. The minimum Gasteiger partial charge on any atom is -0.486 e. The normalized spacial score (nSPS) is 18.8. The summed E-state index contributed by atoms with van der Waals surface area (Å²) in [5.74, 6) is 0.450. The molecule has 1 aromatic heterocycles. The standard InChI is InChI=1S/C24H25N7O5/c1-3-29(13-16-7-8-19-20(11-16)36-10-9-35-19)21(32)14-30-22(33)24(2,26-23(30)34)17-5-4-6-18(12-17)31-15-25-27-28-31/h4-8,11-12,15H,3,9-10,13-14H2,1-2H3,(H,26,34)/t24-/m1/s1. The van der Waals surface area contributed by atoms with Crippen LogP contribution in [-0.2, 0) is 21.7 Å². The van der Waals surface area contributed by atoms with Crippen LogP contribution in [0.3, 0.4) is 0 Å². The maximum absolute atomic E-state index is 13.4. The van der Waals surface area contributed by atoms with Gasteiger partial charge in [-0.3, -0.25) is 14.5 Å². The molecule has 2 aromatic carbocycles. The van der Waals surface area contributed by atoms with Crippen LogP contribution in [0.25, 0.3) is 5.69 Å². The summed E-state index contributed by atoms with van der Waals surface area (Å²) in [5.41, 5.74) is 0.698. The van der Waals surface area contributed by atoms with Gasteiger partial charge in [-0.25, -0.2) is 9.48 Å². The Hall–Kier alpha value is -4.48. The summed E-state index contributed by atoms with van der Waals surface area (Å²) in [4.78, 5) is 41.9. The van der Waals surface area contributed by atoms with Crippen LogP contribution in [0.5, 0.6) is 11.5 Å². The third kappa shape index (κ3) is 4.21. The van der Waals surface area contributed by atoms with Gasteiger partial charge in [0.1, 0.15) is 31.6 Å². The van der Waals surface area contributed by atoms with Gasteiger partial charge in [0, 0.05) is 13.1 Å². The molecule has 0 radical (unpaired) electrons. The van der Waals surface area contributed by atoms with Gasteiger partial charge in [0.2, 0.25) is 5.91 Å². The maximum atomic E-state index is 13.4. The topological polar surface area (TPSA) is 132 Å². The Labute approximate surface area is 206 Å². The van der Waals surface area contributed by atoms with Crippen molar-refractivity contribution in [3.05, 3.63) is 59.9 Å². The predicted octanol–water partition coefficient (Wildman–Crippen LogP) is 1.25. The molecule has 12 nitrogen and oxygen atoms in total. The van der Waals surface area contributed by atoms with Gasteiger partial charge in [-0.05, 0) is 59.7 Å². The van der Waals surface area contributed by atoms with Crippen molar-refractivity contribution in [1.29, 1.82) is 0 Å². The van der Waals surface area contributed by atoms with Gasteiger partial charge < -0.3 is 19.7 Å².